The van der Waals surface area contributed by atoms with Crippen molar-refractivity contribution in [3.05, 3.63) is 64.3 Å². The van der Waals surface area contributed by atoms with Crippen LogP contribution >= 0.6 is 0 Å². The van der Waals surface area contributed by atoms with Crippen LogP contribution in [0, 0.1) is 17.5 Å². The molecule has 0 aliphatic carbocycles. The van der Waals surface area contributed by atoms with Gasteiger partial charge in [0.05, 0.1) is 11.2 Å². The molecule has 2 aromatic carbocycles. The first kappa shape index (κ1) is 12.4. The van der Waals surface area contributed by atoms with Crippen LogP contribution in [0.2, 0.25) is 0 Å². The van der Waals surface area contributed by atoms with Crippen molar-refractivity contribution in [1.29, 1.82) is 0 Å². The molecule has 0 amide bonds. The Kier molecular flexibility index (Phi) is 2.78. The topological polar surface area (TPSA) is 45.8 Å². The molecule has 0 aliphatic heterocycles. The molecule has 6 heteroatoms. The fraction of sp³-hybridized carbons (Fsp3) is 0. The minimum absolute atomic E-state index is 0.0193. The first-order chi connectivity index (χ1) is 9.54. The number of nitrogens with zero attached hydrogens (tertiary/aromatic N) is 1. The van der Waals surface area contributed by atoms with E-state index in [1.54, 1.807) is 0 Å². The van der Waals surface area contributed by atoms with E-state index in [0.29, 0.717) is 11.5 Å². The normalized spacial score (nSPS) is 10.9. The molecule has 1 N–H and O–H groups in total. The summed E-state index contributed by atoms with van der Waals surface area (Å²) in [6.45, 7) is 0. The average Bonchev–Trinajstić information content (AvgIpc) is 2.37. The standard InChI is InChI=1S/C14H7F3N2O/c15-7-1-3-9(11(17)5-7)13-10-4-2-8(16)6-12(10)18-14(20)19-13/h1-6H,(H,18,19,20). The van der Waals surface area contributed by atoms with Crippen molar-refractivity contribution in [3.8, 4) is 11.3 Å². The van der Waals surface area contributed by atoms with E-state index in [9.17, 15) is 18.0 Å². The second kappa shape index (κ2) is 4.48. The first-order valence-corrected chi connectivity index (χ1v) is 5.69. The molecule has 1 heterocycles. The van der Waals surface area contributed by atoms with E-state index in [2.05, 4.69) is 9.97 Å². The van der Waals surface area contributed by atoms with E-state index >= 15 is 0 Å². The van der Waals surface area contributed by atoms with Gasteiger partial charge in [0.25, 0.3) is 0 Å². The molecule has 0 spiro atoms. The highest BCUT2D eigenvalue weighted by atomic mass is 19.1. The summed E-state index contributed by atoms with van der Waals surface area (Å²) in [7, 11) is 0. The molecule has 0 bridgehead atoms. The van der Waals surface area contributed by atoms with Crippen LogP contribution in [0.4, 0.5) is 13.2 Å². The zero-order valence-corrected chi connectivity index (χ0v) is 9.95. The molecule has 1 aromatic heterocycles. The number of aromatic amines is 1. The summed E-state index contributed by atoms with van der Waals surface area (Å²) in [5.74, 6) is -2.11. The number of H-pyrrole nitrogens is 1. The van der Waals surface area contributed by atoms with E-state index in [1.165, 1.54) is 18.2 Å². The molecule has 0 radical (unpaired) electrons. The number of hydrogen-bond acceptors (Lipinski definition) is 2. The van der Waals surface area contributed by atoms with Crippen LogP contribution in [0.15, 0.2) is 41.2 Å². The minimum atomic E-state index is -0.839. The lowest BCUT2D eigenvalue weighted by molar-refractivity contribution is 0.585. The fourth-order valence-corrected chi connectivity index (χ4v) is 2.02. The molecular formula is C14H7F3N2O. The highest BCUT2D eigenvalue weighted by Gasteiger charge is 2.13. The van der Waals surface area contributed by atoms with E-state index in [4.69, 9.17) is 0 Å². The van der Waals surface area contributed by atoms with Crippen LogP contribution in [0.3, 0.4) is 0 Å². The van der Waals surface area contributed by atoms with Gasteiger partial charge in [0, 0.05) is 17.0 Å². The predicted molar refractivity (Wildman–Crippen MR) is 67.7 cm³/mol. The fourth-order valence-electron chi connectivity index (χ4n) is 2.02. The second-order valence-electron chi connectivity index (χ2n) is 4.20. The predicted octanol–water partition coefficient (Wildman–Crippen LogP) is 3.01. The maximum atomic E-state index is 13.8. The number of benzene rings is 2. The molecular weight excluding hydrogens is 269 g/mol. The first-order valence-electron chi connectivity index (χ1n) is 5.69. The summed E-state index contributed by atoms with van der Waals surface area (Å²) in [4.78, 5) is 17.5. The molecule has 0 fully saturated rings. The van der Waals surface area contributed by atoms with Gasteiger partial charge >= 0.3 is 5.69 Å². The van der Waals surface area contributed by atoms with Gasteiger partial charge in [-0.05, 0) is 30.3 Å². The quantitative estimate of drug-likeness (QED) is 0.742. The molecule has 0 aliphatic rings. The van der Waals surface area contributed by atoms with Crippen LogP contribution in [-0.4, -0.2) is 9.97 Å². The van der Waals surface area contributed by atoms with Crippen molar-refractivity contribution < 1.29 is 13.2 Å². The lowest BCUT2D eigenvalue weighted by Gasteiger charge is -2.06. The summed E-state index contributed by atoms with van der Waals surface area (Å²) in [6.07, 6.45) is 0. The SMILES string of the molecule is O=c1nc(-c2ccc(F)cc2F)c2ccc(F)cc2[nH]1. The molecule has 3 aromatic rings. The van der Waals surface area contributed by atoms with E-state index in [0.717, 1.165) is 12.1 Å². The van der Waals surface area contributed by atoms with Crippen molar-refractivity contribution in [2.24, 2.45) is 0 Å². The highest BCUT2D eigenvalue weighted by molar-refractivity contribution is 5.92. The molecule has 0 unspecified atom stereocenters. The molecule has 100 valence electrons. The number of aromatic nitrogens is 2. The van der Waals surface area contributed by atoms with Crippen LogP contribution < -0.4 is 5.69 Å². The molecule has 0 atom stereocenters. The lowest BCUT2D eigenvalue weighted by Crippen LogP contribution is -2.12. The van der Waals surface area contributed by atoms with Crippen molar-refractivity contribution >= 4 is 10.9 Å². The van der Waals surface area contributed by atoms with Gasteiger partial charge in [-0.1, -0.05) is 0 Å². The Balaban J connectivity index is 2.38. The number of rotatable bonds is 1. The molecule has 20 heavy (non-hydrogen) atoms. The zero-order valence-electron chi connectivity index (χ0n) is 9.95. The smallest absolute Gasteiger partial charge is 0.305 e. The molecule has 0 saturated carbocycles. The van der Waals surface area contributed by atoms with Crippen molar-refractivity contribution in [2.75, 3.05) is 0 Å². The number of fused-ring (bicyclic) bond motifs is 1. The van der Waals surface area contributed by atoms with E-state index in [1.807, 2.05) is 0 Å². The van der Waals surface area contributed by atoms with Gasteiger partial charge in [0.2, 0.25) is 0 Å². The van der Waals surface area contributed by atoms with Crippen molar-refractivity contribution in [3.63, 3.8) is 0 Å². The van der Waals surface area contributed by atoms with Gasteiger partial charge in [-0.15, -0.1) is 0 Å². The zero-order chi connectivity index (χ0) is 14.3. The van der Waals surface area contributed by atoms with Gasteiger partial charge in [-0.3, -0.25) is 0 Å². The van der Waals surface area contributed by atoms with Gasteiger partial charge in [-0.25, -0.2) is 18.0 Å². The summed E-state index contributed by atoms with van der Waals surface area (Å²) < 4.78 is 39.9. The summed E-state index contributed by atoms with van der Waals surface area (Å²) in [5.41, 5.74) is -0.513. The van der Waals surface area contributed by atoms with E-state index in [-0.39, 0.29) is 16.8 Å². The van der Waals surface area contributed by atoms with Crippen molar-refractivity contribution in [2.45, 2.75) is 0 Å². The highest BCUT2D eigenvalue weighted by Crippen LogP contribution is 2.27. The van der Waals surface area contributed by atoms with Gasteiger partial charge < -0.3 is 4.98 Å². The lowest BCUT2D eigenvalue weighted by atomic mass is 10.1. The maximum absolute atomic E-state index is 13.8. The third kappa shape index (κ3) is 2.05. The summed E-state index contributed by atoms with van der Waals surface area (Å²) in [5, 5.41) is 0.372. The Morgan fingerprint density at radius 3 is 2.40 bits per heavy atom. The Bertz CT molecular complexity index is 874. The Hall–Kier alpha value is -2.63. The van der Waals surface area contributed by atoms with Crippen LogP contribution in [0.1, 0.15) is 0 Å². The Morgan fingerprint density at radius 1 is 0.950 bits per heavy atom. The minimum Gasteiger partial charge on any atom is -0.305 e. The number of halogens is 3. The van der Waals surface area contributed by atoms with Crippen molar-refractivity contribution in [1.82, 2.24) is 9.97 Å². The monoisotopic (exact) mass is 276 g/mol. The Labute approximate surface area is 110 Å². The van der Waals surface area contributed by atoms with Crippen LogP contribution in [-0.2, 0) is 0 Å². The molecule has 0 saturated heterocycles. The van der Waals surface area contributed by atoms with Gasteiger partial charge in [0.1, 0.15) is 17.5 Å². The molecule has 3 nitrogen and oxygen atoms in total. The third-order valence-electron chi connectivity index (χ3n) is 2.88. The number of hydrogen-bond donors (Lipinski definition) is 1. The van der Waals surface area contributed by atoms with Gasteiger partial charge in [0.15, 0.2) is 0 Å². The summed E-state index contributed by atoms with van der Waals surface area (Å²) in [6, 6.07) is 6.63. The molecule has 3 rings (SSSR count). The van der Waals surface area contributed by atoms with Crippen LogP contribution in [0.25, 0.3) is 22.2 Å². The summed E-state index contributed by atoms with van der Waals surface area (Å²) >= 11 is 0. The maximum Gasteiger partial charge on any atom is 0.345 e. The van der Waals surface area contributed by atoms with E-state index < -0.39 is 23.1 Å². The average molecular weight is 276 g/mol. The van der Waals surface area contributed by atoms with Crippen LogP contribution in [0.5, 0.6) is 0 Å². The third-order valence-corrected chi connectivity index (χ3v) is 2.88. The second-order valence-corrected chi connectivity index (χ2v) is 4.20. The van der Waals surface area contributed by atoms with Gasteiger partial charge in [-0.2, -0.15) is 4.98 Å². The largest absolute Gasteiger partial charge is 0.345 e. The number of nitrogens with one attached hydrogen (secondary N) is 1. The Morgan fingerprint density at radius 2 is 1.65 bits per heavy atom.